The Bertz CT molecular complexity index is 1070. The minimum absolute atomic E-state index is 0.0792. The highest BCUT2D eigenvalue weighted by Gasteiger charge is 2.21. The van der Waals surface area contributed by atoms with Gasteiger partial charge in [0.05, 0.1) is 5.69 Å². The van der Waals surface area contributed by atoms with Crippen LogP contribution in [0.25, 0.3) is 0 Å². The third-order valence-electron chi connectivity index (χ3n) is 4.02. The third-order valence-corrected chi connectivity index (χ3v) is 5.52. The monoisotopic (exact) mass is 512 g/mol. The molecule has 2 aromatic carbocycles. The molecular formula is C28H37ClN4OS. The maximum absolute atomic E-state index is 12.6. The van der Waals surface area contributed by atoms with E-state index in [1.54, 1.807) is 42.6 Å². The van der Waals surface area contributed by atoms with Gasteiger partial charge in [-0.1, -0.05) is 106 Å². The second-order valence-electron chi connectivity index (χ2n) is 6.43. The van der Waals surface area contributed by atoms with Crippen LogP contribution in [-0.4, -0.2) is 10.4 Å². The van der Waals surface area contributed by atoms with Gasteiger partial charge >= 0.3 is 0 Å². The Hall–Kier alpha value is -3.19. The second-order valence-corrected chi connectivity index (χ2v) is 8.32. The first-order chi connectivity index (χ1) is 16.9. The van der Waals surface area contributed by atoms with Crippen LogP contribution in [0.2, 0.25) is 5.02 Å². The first-order valence-electron chi connectivity index (χ1n) is 11.3. The lowest BCUT2D eigenvalue weighted by Gasteiger charge is -2.25. The number of para-hydroxylation sites is 1. The first-order valence-corrected chi connectivity index (χ1v) is 12.8. The fourth-order valence-electron chi connectivity index (χ4n) is 2.47. The van der Waals surface area contributed by atoms with Gasteiger partial charge in [-0.05, 0) is 37.6 Å². The summed E-state index contributed by atoms with van der Waals surface area (Å²) in [5, 5.41) is 1.91. The summed E-state index contributed by atoms with van der Waals surface area (Å²) in [4.78, 5) is 4.73. The lowest BCUT2D eigenvalue weighted by Crippen LogP contribution is -2.35. The van der Waals surface area contributed by atoms with Gasteiger partial charge in [0.2, 0.25) is 0 Å². The van der Waals surface area contributed by atoms with E-state index in [9.17, 15) is 4.21 Å². The van der Waals surface area contributed by atoms with Crippen molar-refractivity contribution in [1.29, 1.82) is 0 Å². The number of hydrazine groups is 1. The molecule has 2 aromatic rings. The van der Waals surface area contributed by atoms with Crippen LogP contribution >= 0.6 is 11.6 Å². The molecule has 0 aromatic heterocycles. The molecule has 0 amide bonds. The number of benzene rings is 2. The van der Waals surface area contributed by atoms with Crippen molar-refractivity contribution in [2.24, 2.45) is 16.6 Å². The Morgan fingerprint density at radius 1 is 1.11 bits per heavy atom. The number of nitrogens with two attached hydrogens (primary N) is 2. The number of anilines is 1. The summed E-state index contributed by atoms with van der Waals surface area (Å²) in [7, 11) is -1.60. The highest BCUT2D eigenvalue weighted by atomic mass is 35.5. The number of allylic oxidation sites excluding steroid dienone is 6. The van der Waals surface area contributed by atoms with Gasteiger partial charge in [-0.2, -0.15) is 0 Å². The maximum atomic E-state index is 12.6. The zero-order valence-electron chi connectivity index (χ0n) is 21.0. The maximum Gasteiger partial charge on any atom is 0.180 e. The summed E-state index contributed by atoms with van der Waals surface area (Å²) in [6.45, 7) is 15.0. The van der Waals surface area contributed by atoms with Crippen LogP contribution in [-0.2, 0) is 10.8 Å². The average molecular weight is 513 g/mol. The quantitative estimate of drug-likeness (QED) is 0.326. The lowest BCUT2D eigenvalue weighted by molar-refractivity contribution is 0.685. The first kappa shape index (κ1) is 31.8. The number of hydrogen-bond donors (Lipinski definition) is 2. The normalized spacial score (nSPS) is 13.8. The largest absolute Gasteiger partial charge is 0.388 e. The Balaban J connectivity index is 0.000000742. The molecule has 1 atom stereocenters. The van der Waals surface area contributed by atoms with Crippen molar-refractivity contribution < 1.29 is 4.21 Å². The van der Waals surface area contributed by atoms with Gasteiger partial charge in [-0.3, -0.25) is 5.01 Å². The molecular weight excluding hydrogens is 476 g/mol. The lowest BCUT2D eigenvalue weighted by atomic mass is 10.1. The smallest absolute Gasteiger partial charge is 0.180 e. The standard InChI is InChI=1S/C15H13ClN4OS.C6H10.C5H8.C2H6/c16-11-5-3-6-12(8-11)22(21)14(17)15-19-9-10-4-1-2-7-13(10)20(15)18;1-3-5-6-4-2;1-3-5-4-2;1-2/h1-9H,17-18H2;3,5-6H,1,4H2,2H3;3-5H,1H2,2H3;1-2H3/b15-14+;6-5-;5-4-;. The van der Waals surface area contributed by atoms with Crippen LogP contribution in [0.5, 0.6) is 0 Å². The van der Waals surface area contributed by atoms with Gasteiger partial charge in [-0.25, -0.2) is 15.0 Å². The summed E-state index contributed by atoms with van der Waals surface area (Å²) >= 11 is 5.92. The van der Waals surface area contributed by atoms with Crippen molar-refractivity contribution in [2.45, 2.75) is 39.0 Å². The van der Waals surface area contributed by atoms with Gasteiger partial charge in [0.1, 0.15) is 15.8 Å². The Morgan fingerprint density at radius 3 is 2.29 bits per heavy atom. The van der Waals surface area contributed by atoms with E-state index in [0.717, 1.165) is 17.7 Å². The summed E-state index contributed by atoms with van der Waals surface area (Å²) in [6, 6.07) is 14.2. The summed E-state index contributed by atoms with van der Waals surface area (Å²) in [5.41, 5.74) is 7.64. The molecule has 5 nitrogen and oxygen atoms in total. The Labute approximate surface area is 218 Å². The highest BCUT2D eigenvalue weighted by molar-refractivity contribution is 7.89. The number of nitrogens with zero attached hydrogens (tertiary/aromatic N) is 2. The summed E-state index contributed by atoms with van der Waals surface area (Å²) in [5.74, 6) is 6.32. The van der Waals surface area contributed by atoms with E-state index in [-0.39, 0.29) is 10.9 Å². The van der Waals surface area contributed by atoms with Crippen molar-refractivity contribution in [2.75, 3.05) is 5.01 Å². The molecule has 0 aliphatic carbocycles. The van der Waals surface area contributed by atoms with E-state index < -0.39 is 10.8 Å². The van der Waals surface area contributed by atoms with E-state index in [4.69, 9.17) is 23.2 Å². The Morgan fingerprint density at radius 2 is 1.77 bits per heavy atom. The predicted molar refractivity (Wildman–Crippen MR) is 156 cm³/mol. The number of halogens is 1. The fraction of sp³-hybridized carbons (Fsp3) is 0.179. The molecule has 0 fully saturated rings. The minimum Gasteiger partial charge on any atom is -0.388 e. The average Bonchev–Trinajstić information content (AvgIpc) is 2.89. The Kier molecular flexibility index (Phi) is 17.4. The van der Waals surface area contributed by atoms with Crippen LogP contribution in [0.15, 0.2) is 119 Å². The molecule has 0 radical (unpaired) electrons. The van der Waals surface area contributed by atoms with Crippen LogP contribution in [0.3, 0.4) is 0 Å². The third kappa shape index (κ3) is 11.2. The molecule has 1 aliphatic heterocycles. The van der Waals surface area contributed by atoms with E-state index in [1.165, 1.54) is 5.01 Å². The molecule has 0 bridgehead atoms. The number of aliphatic imine (C=N–C) groups is 1. The van der Waals surface area contributed by atoms with E-state index in [2.05, 4.69) is 31.2 Å². The van der Waals surface area contributed by atoms with Gasteiger partial charge in [0, 0.05) is 21.7 Å². The molecule has 35 heavy (non-hydrogen) atoms. The van der Waals surface area contributed by atoms with Gasteiger partial charge in [-0.15, -0.1) is 0 Å². The molecule has 1 unspecified atom stereocenters. The molecule has 1 aliphatic rings. The van der Waals surface area contributed by atoms with Gasteiger partial charge in [0.25, 0.3) is 0 Å². The van der Waals surface area contributed by atoms with E-state index in [1.807, 2.05) is 63.3 Å². The van der Waals surface area contributed by atoms with Crippen molar-refractivity contribution in [1.82, 2.24) is 0 Å². The zero-order chi connectivity index (χ0) is 26.6. The summed E-state index contributed by atoms with van der Waals surface area (Å²) < 4.78 is 12.6. The van der Waals surface area contributed by atoms with Crippen LogP contribution in [0.1, 0.15) is 39.7 Å². The molecule has 0 saturated carbocycles. The molecule has 0 saturated heterocycles. The highest BCUT2D eigenvalue weighted by Crippen LogP contribution is 2.27. The zero-order valence-corrected chi connectivity index (χ0v) is 22.6. The van der Waals surface area contributed by atoms with Crippen molar-refractivity contribution in [3.8, 4) is 0 Å². The summed E-state index contributed by atoms with van der Waals surface area (Å²) in [6.07, 6.45) is 14.1. The predicted octanol–water partition coefficient (Wildman–Crippen LogP) is 7.26. The molecule has 1 heterocycles. The number of fused-ring (bicyclic) bond motifs is 1. The van der Waals surface area contributed by atoms with Crippen molar-refractivity contribution in [3.63, 3.8) is 0 Å². The van der Waals surface area contributed by atoms with Crippen LogP contribution in [0, 0.1) is 0 Å². The molecule has 188 valence electrons. The molecule has 7 heteroatoms. The number of rotatable bonds is 5. The number of hydrogen-bond acceptors (Lipinski definition) is 5. The van der Waals surface area contributed by atoms with Crippen molar-refractivity contribution in [3.05, 3.63) is 120 Å². The topological polar surface area (TPSA) is 84.7 Å². The van der Waals surface area contributed by atoms with E-state index >= 15 is 0 Å². The molecule has 3 rings (SSSR count). The molecule has 0 spiro atoms. The fourth-order valence-corrected chi connectivity index (χ4v) is 3.73. The SMILES string of the molecule is C=C/C=C\C.C=C/C=C\CC.CC.N/C(=C1/N=Cc2ccccc2N1N)S(=O)c1cccc(Cl)c1. The van der Waals surface area contributed by atoms with E-state index in [0.29, 0.717) is 9.92 Å². The van der Waals surface area contributed by atoms with Gasteiger partial charge in [0.15, 0.2) is 5.82 Å². The second kappa shape index (κ2) is 19.2. The van der Waals surface area contributed by atoms with Crippen LogP contribution in [0.4, 0.5) is 5.69 Å². The molecule has 4 N–H and O–H groups in total. The van der Waals surface area contributed by atoms with Crippen molar-refractivity contribution >= 4 is 34.3 Å². The van der Waals surface area contributed by atoms with Crippen LogP contribution < -0.4 is 16.6 Å². The minimum atomic E-state index is -1.60. The van der Waals surface area contributed by atoms with Gasteiger partial charge < -0.3 is 5.73 Å².